The Hall–Kier alpha value is -1.22. The monoisotopic (exact) mass is 235 g/mol. The molecule has 1 aromatic rings. The molecule has 1 saturated heterocycles. The number of benzene rings is 1. The lowest BCUT2D eigenvalue weighted by atomic mass is 9.97. The molecule has 1 heterocycles. The van der Waals surface area contributed by atoms with Crippen LogP contribution in [0.1, 0.15) is 31.7 Å². The van der Waals surface area contributed by atoms with Crippen LogP contribution >= 0.6 is 0 Å². The Morgan fingerprint density at radius 2 is 2.18 bits per heavy atom. The summed E-state index contributed by atoms with van der Waals surface area (Å²) < 4.78 is 11.3. The molecule has 0 spiro atoms. The van der Waals surface area contributed by atoms with Gasteiger partial charge in [0, 0.05) is 18.0 Å². The Balaban J connectivity index is 2.34. The molecule has 1 fully saturated rings. The van der Waals surface area contributed by atoms with E-state index in [0.29, 0.717) is 5.92 Å². The van der Waals surface area contributed by atoms with Gasteiger partial charge in [0.15, 0.2) is 11.5 Å². The first-order valence-electron chi connectivity index (χ1n) is 6.26. The van der Waals surface area contributed by atoms with Crippen LogP contribution in [0.15, 0.2) is 18.2 Å². The number of ether oxygens (including phenoxy) is 2. The highest BCUT2D eigenvalue weighted by molar-refractivity contribution is 5.48. The molecule has 3 heteroatoms. The lowest BCUT2D eigenvalue weighted by molar-refractivity contribution is 0.226. The number of methoxy groups -OCH3 is 1. The molecule has 0 amide bonds. The minimum absolute atomic E-state index is 0.166. The Kier molecular flexibility index (Phi) is 3.89. The molecular formula is C14H21NO2. The van der Waals surface area contributed by atoms with Gasteiger partial charge < -0.3 is 14.8 Å². The smallest absolute Gasteiger partial charge is 0.165 e. The zero-order chi connectivity index (χ0) is 12.3. The van der Waals surface area contributed by atoms with Crippen molar-refractivity contribution in [2.75, 3.05) is 20.2 Å². The Labute approximate surface area is 103 Å². The molecule has 2 rings (SSSR count). The first kappa shape index (κ1) is 12.2. The maximum atomic E-state index is 5.93. The minimum atomic E-state index is 0.166. The van der Waals surface area contributed by atoms with Crippen molar-refractivity contribution in [3.05, 3.63) is 23.8 Å². The first-order chi connectivity index (χ1) is 8.22. The fourth-order valence-corrected chi connectivity index (χ4v) is 2.30. The minimum Gasteiger partial charge on any atom is -0.493 e. The van der Waals surface area contributed by atoms with Crippen molar-refractivity contribution in [1.82, 2.24) is 5.32 Å². The van der Waals surface area contributed by atoms with Gasteiger partial charge in [0.25, 0.3) is 0 Å². The third-order valence-corrected chi connectivity index (χ3v) is 3.08. The number of hydrogen-bond acceptors (Lipinski definition) is 3. The van der Waals surface area contributed by atoms with Crippen molar-refractivity contribution in [2.45, 2.75) is 32.3 Å². The molecule has 1 unspecified atom stereocenters. The van der Waals surface area contributed by atoms with E-state index in [0.717, 1.165) is 24.6 Å². The van der Waals surface area contributed by atoms with Crippen LogP contribution in [-0.2, 0) is 0 Å². The molecule has 0 radical (unpaired) electrons. The number of nitrogens with one attached hydrogen (secondary N) is 1. The predicted molar refractivity (Wildman–Crippen MR) is 69.0 cm³/mol. The second-order valence-corrected chi connectivity index (χ2v) is 4.73. The zero-order valence-electron chi connectivity index (χ0n) is 10.8. The molecule has 1 aliphatic rings. The summed E-state index contributed by atoms with van der Waals surface area (Å²) in [4.78, 5) is 0. The molecule has 0 aliphatic carbocycles. The van der Waals surface area contributed by atoms with Gasteiger partial charge in [-0.25, -0.2) is 0 Å². The SMILES string of the molecule is COc1cccc(C2CCNC2)c1OC(C)C. The van der Waals surface area contributed by atoms with E-state index in [1.165, 1.54) is 12.0 Å². The summed E-state index contributed by atoms with van der Waals surface area (Å²) >= 11 is 0. The van der Waals surface area contributed by atoms with Crippen molar-refractivity contribution >= 4 is 0 Å². The van der Waals surface area contributed by atoms with Crippen LogP contribution in [0.5, 0.6) is 11.5 Å². The van der Waals surface area contributed by atoms with Crippen molar-refractivity contribution < 1.29 is 9.47 Å². The maximum absolute atomic E-state index is 5.93. The van der Waals surface area contributed by atoms with Gasteiger partial charge in [0.05, 0.1) is 13.2 Å². The van der Waals surface area contributed by atoms with Gasteiger partial charge in [0.1, 0.15) is 0 Å². The van der Waals surface area contributed by atoms with E-state index in [-0.39, 0.29) is 6.10 Å². The van der Waals surface area contributed by atoms with E-state index in [1.807, 2.05) is 26.0 Å². The molecular weight excluding hydrogens is 214 g/mol. The molecule has 0 saturated carbocycles. The lowest BCUT2D eigenvalue weighted by Gasteiger charge is -2.20. The number of rotatable bonds is 4. The Morgan fingerprint density at radius 3 is 2.76 bits per heavy atom. The van der Waals surface area contributed by atoms with E-state index in [1.54, 1.807) is 7.11 Å². The summed E-state index contributed by atoms with van der Waals surface area (Å²) in [7, 11) is 1.69. The van der Waals surface area contributed by atoms with E-state index in [4.69, 9.17) is 9.47 Å². The molecule has 1 aromatic carbocycles. The second-order valence-electron chi connectivity index (χ2n) is 4.73. The van der Waals surface area contributed by atoms with Gasteiger partial charge in [0.2, 0.25) is 0 Å². The highest BCUT2D eigenvalue weighted by Gasteiger charge is 2.22. The Bertz CT molecular complexity index is 370. The summed E-state index contributed by atoms with van der Waals surface area (Å²) in [6, 6.07) is 6.15. The fourth-order valence-electron chi connectivity index (χ4n) is 2.30. The molecule has 17 heavy (non-hydrogen) atoms. The predicted octanol–water partition coefficient (Wildman–Crippen LogP) is 2.56. The number of hydrogen-bond donors (Lipinski definition) is 1. The van der Waals surface area contributed by atoms with Crippen molar-refractivity contribution in [3.63, 3.8) is 0 Å². The molecule has 1 N–H and O–H groups in total. The van der Waals surface area contributed by atoms with E-state index < -0.39 is 0 Å². The summed E-state index contributed by atoms with van der Waals surface area (Å²) in [6.45, 7) is 6.21. The highest BCUT2D eigenvalue weighted by Crippen LogP contribution is 2.38. The zero-order valence-corrected chi connectivity index (χ0v) is 10.8. The van der Waals surface area contributed by atoms with Crippen LogP contribution < -0.4 is 14.8 Å². The second kappa shape index (κ2) is 5.41. The van der Waals surface area contributed by atoms with Gasteiger partial charge in [-0.2, -0.15) is 0 Å². The van der Waals surface area contributed by atoms with Crippen molar-refractivity contribution in [2.24, 2.45) is 0 Å². The van der Waals surface area contributed by atoms with Gasteiger partial charge in [-0.3, -0.25) is 0 Å². The van der Waals surface area contributed by atoms with E-state index >= 15 is 0 Å². The third kappa shape index (κ3) is 2.72. The van der Waals surface area contributed by atoms with Crippen LogP contribution in [0.3, 0.4) is 0 Å². The topological polar surface area (TPSA) is 30.5 Å². The van der Waals surface area contributed by atoms with E-state index in [2.05, 4.69) is 11.4 Å². The van der Waals surface area contributed by atoms with Crippen LogP contribution in [0.4, 0.5) is 0 Å². The van der Waals surface area contributed by atoms with Crippen LogP contribution in [0, 0.1) is 0 Å². The molecule has 1 aliphatic heterocycles. The van der Waals surface area contributed by atoms with Crippen LogP contribution in [0.2, 0.25) is 0 Å². The van der Waals surface area contributed by atoms with Crippen LogP contribution in [-0.4, -0.2) is 26.3 Å². The van der Waals surface area contributed by atoms with Crippen molar-refractivity contribution in [1.29, 1.82) is 0 Å². The molecule has 1 atom stereocenters. The summed E-state index contributed by atoms with van der Waals surface area (Å²) in [6.07, 6.45) is 1.33. The van der Waals surface area contributed by atoms with Crippen LogP contribution in [0.25, 0.3) is 0 Å². The average Bonchev–Trinajstić information content (AvgIpc) is 2.82. The Morgan fingerprint density at radius 1 is 1.35 bits per heavy atom. The summed E-state index contributed by atoms with van der Waals surface area (Å²) in [5.41, 5.74) is 1.27. The van der Waals surface area contributed by atoms with Gasteiger partial charge in [-0.05, 0) is 32.9 Å². The lowest BCUT2D eigenvalue weighted by Crippen LogP contribution is -2.12. The summed E-state index contributed by atoms with van der Waals surface area (Å²) in [5, 5.41) is 3.39. The highest BCUT2D eigenvalue weighted by atomic mass is 16.5. The fraction of sp³-hybridized carbons (Fsp3) is 0.571. The van der Waals surface area contributed by atoms with Crippen molar-refractivity contribution in [3.8, 4) is 11.5 Å². The maximum Gasteiger partial charge on any atom is 0.165 e. The summed E-state index contributed by atoms with van der Waals surface area (Å²) in [5.74, 6) is 2.29. The van der Waals surface area contributed by atoms with E-state index in [9.17, 15) is 0 Å². The first-order valence-corrected chi connectivity index (χ1v) is 6.26. The quantitative estimate of drug-likeness (QED) is 0.870. The molecule has 3 nitrogen and oxygen atoms in total. The van der Waals surface area contributed by atoms with Gasteiger partial charge in [-0.1, -0.05) is 12.1 Å². The normalized spacial score (nSPS) is 19.6. The number of para-hydroxylation sites is 1. The van der Waals surface area contributed by atoms with Gasteiger partial charge >= 0.3 is 0 Å². The van der Waals surface area contributed by atoms with Gasteiger partial charge in [-0.15, -0.1) is 0 Å². The largest absolute Gasteiger partial charge is 0.493 e. The molecule has 0 aromatic heterocycles. The molecule has 0 bridgehead atoms. The average molecular weight is 235 g/mol. The molecule has 94 valence electrons. The standard InChI is InChI=1S/C14H21NO2/c1-10(2)17-14-12(11-7-8-15-9-11)5-4-6-13(14)16-3/h4-6,10-11,15H,7-9H2,1-3H3. The third-order valence-electron chi connectivity index (χ3n) is 3.08.